The summed E-state index contributed by atoms with van der Waals surface area (Å²) in [6.45, 7) is 3.43. The van der Waals surface area contributed by atoms with Crippen LogP contribution in [0.15, 0.2) is 60.8 Å². The number of nitrogens with one attached hydrogen (secondary N) is 1. The van der Waals surface area contributed by atoms with Crippen molar-refractivity contribution in [3.05, 3.63) is 71.9 Å². The molecule has 1 aromatic heterocycles. The molecule has 2 heterocycles. The second-order valence-corrected chi connectivity index (χ2v) is 7.26. The summed E-state index contributed by atoms with van der Waals surface area (Å²) >= 11 is 0. The van der Waals surface area contributed by atoms with Gasteiger partial charge in [0, 0.05) is 23.6 Å². The third kappa shape index (κ3) is 3.80. The number of hydrogen-bond donors (Lipinski definition) is 1. The predicted octanol–water partition coefficient (Wildman–Crippen LogP) is 5.13. The molecular weight excluding hydrogens is 304 g/mol. The summed E-state index contributed by atoms with van der Waals surface area (Å²) in [7, 11) is 0. The fourth-order valence-electron chi connectivity index (χ4n) is 4.17. The third-order valence-corrected chi connectivity index (χ3v) is 5.56. The first-order valence-corrected chi connectivity index (χ1v) is 9.74. The minimum absolute atomic E-state index is 0.719. The molecule has 0 spiro atoms. The monoisotopic (exact) mass is 332 g/mol. The molecule has 3 aromatic rings. The van der Waals surface area contributed by atoms with Gasteiger partial charge in [-0.3, -0.25) is 0 Å². The quantitative estimate of drug-likeness (QED) is 0.619. The molecule has 1 aliphatic heterocycles. The highest BCUT2D eigenvalue weighted by Crippen LogP contribution is 2.33. The summed E-state index contributed by atoms with van der Waals surface area (Å²) < 4.78 is 2.50. The fraction of sp³-hybridized carbons (Fsp3) is 0.391. The molecule has 0 bridgehead atoms. The van der Waals surface area contributed by atoms with Crippen LogP contribution in [0.5, 0.6) is 0 Å². The Labute approximate surface area is 150 Å². The van der Waals surface area contributed by atoms with Gasteiger partial charge in [0.15, 0.2) is 0 Å². The molecule has 2 heteroatoms. The number of hydrogen-bond acceptors (Lipinski definition) is 1. The maximum Gasteiger partial charge on any atom is 0.0483 e. The van der Waals surface area contributed by atoms with Crippen LogP contribution in [0.2, 0.25) is 0 Å². The SMILES string of the molecule is c1ccc(CCCCn2cc(C3CCNCC3)c3ccccc32)cc1. The van der Waals surface area contributed by atoms with Crippen LogP contribution in [-0.4, -0.2) is 17.7 Å². The van der Waals surface area contributed by atoms with Crippen LogP contribution >= 0.6 is 0 Å². The number of unbranched alkanes of at least 4 members (excludes halogenated alkanes) is 1. The number of benzene rings is 2. The minimum Gasteiger partial charge on any atom is -0.347 e. The van der Waals surface area contributed by atoms with E-state index in [2.05, 4.69) is 70.7 Å². The molecule has 0 unspecified atom stereocenters. The summed E-state index contributed by atoms with van der Waals surface area (Å²) in [5, 5.41) is 4.96. The number of rotatable bonds is 6. The van der Waals surface area contributed by atoms with Crippen LogP contribution in [0.3, 0.4) is 0 Å². The molecule has 0 radical (unpaired) electrons. The van der Waals surface area contributed by atoms with Crippen molar-refractivity contribution >= 4 is 10.9 Å². The van der Waals surface area contributed by atoms with E-state index in [0.717, 1.165) is 25.6 Å². The fourth-order valence-corrected chi connectivity index (χ4v) is 4.17. The standard InChI is InChI=1S/C23H28N2/c1-2-8-19(9-3-1)10-6-7-17-25-18-22(20-13-15-24-16-14-20)21-11-4-5-12-23(21)25/h1-5,8-9,11-12,18,20,24H,6-7,10,13-17H2. The van der Waals surface area contributed by atoms with E-state index in [9.17, 15) is 0 Å². The van der Waals surface area contributed by atoms with Crippen LogP contribution in [-0.2, 0) is 13.0 Å². The second kappa shape index (κ2) is 7.88. The van der Waals surface area contributed by atoms with Gasteiger partial charge in [-0.2, -0.15) is 0 Å². The van der Waals surface area contributed by atoms with E-state index >= 15 is 0 Å². The first-order chi connectivity index (χ1) is 12.4. The van der Waals surface area contributed by atoms with Gasteiger partial charge in [0.05, 0.1) is 0 Å². The Kier molecular flexibility index (Phi) is 5.17. The number of fused-ring (bicyclic) bond motifs is 1. The molecule has 1 fully saturated rings. The van der Waals surface area contributed by atoms with Gasteiger partial charge in [0.1, 0.15) is 0 Å². The first kappa shape index (κ1) is 16.4. The normalized spacial score (nSPS) is 15.7. The topological polar surface area (TPSA) is 17.0 Å². The zero-order chi connectivity index (χ0) is 16.9. The van der Waals surface area contributed by atoms with Crippen molar-refractivity contribution < 1.29 is 0 Å². The summed E-state index contributed by atoms with van der Waals surface area (Å²) in [6, 6.07) is 19.8. The predicted molar refractivity (Wildman–Crippen MR) is 106 cm³/mol. The number of aryl methyl sites for hydroxylation is 2. The lowest BCUT2D eigenvalue weighted by Gasteiger charge is -2.22. The Morgan fingerprint density at radius 2 is 1.64 bits per heavy atom. The zero-order valence-corrected chi connectivity index (χ0v) is 15.0. The second-order valence-electron chi connectivity index (χ2n) is 7.26. The Balaban J connectivity index is 1.45. The molecule has 0 aliphatic carbocycles. The molecular formula is C23H28N2. The van der Waals surface area contributed by atoms with Gasteiger partial charge < -0.3 is 9.88 Å². The lowest BCUT2D eigenvalue weighted by molar-refractivity contribution is 0.461. The van der Waals surface area contributed by atoms with E-state index in [1.165, 1.54) is 48.6 Å². The summed E-state index contributed by atoms with van der Waals surface area (Å²) in [5.41, 5.74) is 4.44. The van der Waals surface area contributed by atoms with Crippen molar-refractivity contribution in [2.45, 2.75) is 44.6 Å². The third-order valence-electron chi connectivity index (χ3n) is 5.56. The van der Waals surface area contributed by atoms with Crippen molar-refractivity contribution in [3.63, 3.8) is 0 Å². The van der Waals surface area contributed by atoms with Gasteiger partial charge in [-0.1, -0.05) is 48.5 Å². The highest BCUT2D eigenvalue weighted by atomic mass is 15.0. The lowest BCUT2D eigenvalue weighted by atomic mass is 9.90. The molecule has 4 rings (SSSR count). The van der Waals surface area contributed by atoms with Crippen molar-refractivity contribution in [2.75, 3.05) is 13.1 Å². The van der Waals surface area contributed by atoms with Crippen LogP contribution < -0.4 is 5.32 Å². The van der Waals surface area contributed by atoms with Crippen molar-refractivity contribution in [3.8, 4) is 0 Å². The smallest absolute Gasteiger partial charge is 0.0483 e. The van der Waals surface area contributed by atoms with Gasteiger partial charge in [-0.15, -0.1) is 0 Å². The zero-order valence-electron chi connectivity index (χ0n) is 15.0. The highest BCUT2D eigenvalue weighted by molar-refractivity contribution is 5.84. The molecule has 0 amide bonds. The van der Waals surface area contributed by atoms with Gasteiger partial charge in [-0.05, 0) is 68.3 Å². The molecule has 2 aromatic carbocycles. The van der Waals surface area contributed by atoms with E-state index in [0.29, 0.717) is 0 Å². The summed E-state index contributed by atoms with van der Waals surface area (Å²) in [4.78, 5) is 0. The molecule has 0 atom stereocenters. The molecule has 1 aliphatic rings. The van der Waals surface area contributed by atoms with Crippen molar-refractivity contribution in [1.82, 2.24) is 9.88 Å². The number of aromatic nitrogens is 1. The Bertz CT molecular complexity index is 797. The molecule has 1 saturated heterocycles. The van der Waals surface area contributed by atoms with E-state index in [-0.39, 0.29) is 0 Å². The number of nitrogens with zero attached hydrogens (tertiary/aromatic N) is 1. The lowest BCUT2D eigenvalue weighted by Crippen LogP contribution is -2.26. The number of para-hydroxylation sites is 1. The summed E-state index contributed by atoms with van der Waals surface area (Å²) in [5.74, 6) is 0.719. The van der Waals surface area contributed by atoms with Crippen molar-refractivity contribution in [2.24, 2.45) is 0 Å². The van der Waals surface area contributed by atoms with Crippen molar-refractivity contribution in [1.29, 1.82) is 0 Å². The van der Waals surface area contributed by atoms with Crippen LogP contribution in [0, 0.1) is 0 Å². The average Bonchev–Trinajstić information content (AvgIpc) is 3.06. The van der Waals surface area contributed by atoms with Gasteiger partial charge in [0.25, 0.3) is 0 Å². The summed E-state index contributed by atoms with van der Waals surface area (Å²) in [6.07, 6.45) is 8.65. The largest absolute Gasteiger partial charge is 0.347 e. The van der Waals surface area contributed by atoms with E-state index in [4.69, 9.17) is 0 Å². The number of piperidine rings is 1. The Hall–Kier alpha value is -2.06. The van der Waals surface area contributed by atoms with E-state index in [1.54, 1.807) is 5.56 Å². The van der Waals surface area contributed by atoms with Crippen LogP contribution in [0.25, 0.3) is 10.9 Å². The Morgan fingerprint density at radius 3 is 2.48 bits per heavy atom. The molecule has 0 saturated carbocycles. The first-order valence-electron chi connectivity index (χ1n) is 9.74. The maximum atomic E-state index is 3.49. The highest BCUT2D eigenvalue weighted by Gasteiger charge is 2.19. The van der Waals surface area contributed by atoms with Gasteiger partial charge in [0.2, 0.25) is 0 Å². The van der Waals surface area contributed by atoms with E-state index in [1.807, 2.05) is 0 Å². The molecule has 25 heavy (non-hydrogen) atoms. The average molecular weight is 332 g/mol. The Morgan fingerprint density at radius 1 is 0.880 bits per heavy atom. The minimum atomic E-state index is 0.719. The van der Waals surface area contributed by atoms with E-state index < -0.39 is 0 Å². The maximum absolute atomic E-state index is 3.49. The van der Waals surface area contributed by atoms with Crippen LogP contribution in [0.4, 0.5) is 0 Å². The molecule has 2 nitrogen and oxygen atoms in total. The molecule has 1 N–H and O–H groups in total. The van der Waals surface area contributed by atoms with Gasteiger partial charge >= 0.3 is 0 Å². The molecule has 130 valence electrons. The van der Waals surface area contributed by atoms with Crippen LogP contribution in [0.1, 0.15) is 42.7 Å². The van der Waals surface area contributed by atoms with Gasteiger partial charge in [-0.25, -0.2) is 0 Å².